The fraction of sp³-hybridized carbons (Fsp3) is 0.714. The molecule has 1 unspecified atom stereocenters. The van der Waals surface area contributed by atoms with Gasteiger partial charge in [0, 0.05) is 12.8 Å². The number of carbonyl (C=O) groups is 2. The fourth-order valence-corrected chi connectivity index (χ4v) is 1.93. The predicted molar refractivity (Wildman–Crippen MR) is 76.8 cm³/mol. The second-order valence-electron chi connectivity index (χ2n) is 4.10. The van der Waals surface area contributed by atoms with Gasteiger partial charge in [-0.3, -0.25) is 4.79 Å². The third kappa shape index (κ3) is 10.4. The molecule has 1 atom stereocenters. The number of hydrogen-bond acceptors (Lipinski definition) is 4. The second kappa shape index (κ2) is 12.7. The Bertz CT molecular complexity index is 251. The molecule has 0 amide bonds. The molecule has 1 heterocycles. The van der Waals surface area contributed by atoms with Gasteiger partial charge >= 0.3 is 5.97 Å². The van der Waals surface area contributed by atoms with Gasteiger partial charge in [0.05, 0.1) is 0 Å². The van der Waals surface area contributed by atoms with E-state index in [0.29, 0.717) is 12.8 Å². The van der Waals surface area contributed by atoms with Gasteiger partial charge in [-0.1, -0.05) is 12.2 Å². The SMILES string of the molecule is CC=CCCC1CCCC(=O)O1.CSCCC=O. The lowest BCUT2D eigenvalue weighted by Crippen LogP contribution is -2.23. The number of ether oxygens (including phenoxy) is 1. The van der Waals surface area contributed by atoms with Crippen LogP contribution in [0.15, 0.2) is 12.2 Å². The van der Waals surface area contributed by atoms with Gasteiger partial charge < -0.3 is 9.53 Å². The van der Waals surface area contributed by atoms with Gasteiger partial charge in [-0.25, -0.2) is 0 Å². The number of hydrogen-bond donors (Lipinski definition) is 0. The number of cyclic esters (lactones) is 1. The van der Waals surface area contributed by atoms with E-state index in [-0.39, 0.29) is 12.1 Å². The van der Waals surface area contributed by atoms with Crippen molar-refractivity contribution in [3.8, 4) is 0 Å². The highest BCUT2D eigenvalue weighted by atomic mass is 32.2. The van der Waals surface area contributed by atoms with Crippen LogP contribution < -0.4 is 0 Å². The summed E-state index contributed by atoms with van der Waals surface area (Å²) in [5.74, 6) is 0.940. The van der Waals surface area contributed by atoms with E-state index in [2.05, 4.69) is 6.08 Å². The zero-order valence-corrected chi connectivity index (χ0v) is 12.2. The summed E-state index contributed by atoms with van der Waals surface area (Å²) < 4.78 is 5.16. The molecule has 1 aliphatic rings. The third-order valence-electron chi connectivity index (χ3n) is 2.54. The van der Waals surface area contributed by atoms with Gasteiger partial charge in [0.1, 0.15) is 12.4 Å². The fourth-order valence-electron chi connectivity index (χ4n) is 1.60. The average Bonchev–Trinajstić information content (AvgIpc) is 2.37. The quantitative estimate of drug-likeness (QED) is 0.322. The summed E-state index contributed by atoms with van der Waals surface area (Å²) >= 11 is 1.69. The van der Waals surface area contributed by atoms with E-state index in [1.165, 1.54) is 0 Å². The molecule has 1 saturated heterocycles. The van der Waals surface area contributed by atoms with Crippen molar-refractivity contribution in [2.24, 2.45) is 0 Å². The van der Waals surface area contributed by atoms with Crippen molar-refractivity contribution in [3.05, 3.63) is 12.2 Å². The molecular weight excluding hydrogens is 248 g/mol. The van der Waals surface area contributed by atoms with Crippen molar-refractivity contribution in [3.63, 3.8) is 0 Å². The van der Waals surface area contributed by atoms with Crippen molar-refractivity contribution in [2.45, 2.75) is 51.6 Å². The van der Waals surface area contributed by atoms with E-state index < -0.39 is 0 Å². The smallest absolute Gasteiger partial charge is 0.306 e. The monoisotopic (exact) mass is 272 g/mol. The van der Waals surface area contributed by atoms with E-state index in [1.807, 2.05) is 19.3 Å². The summed E-state index contributed by atoms with van der Waals surface area (Å²) in [6, 6.07) is 0. The molecule has 18 heavy (non-hydrogen) atoms. The van der Waals surface area contributed by atoms with Crippen molar-refractivity contribution < 1.29 is 14.3 Å². The van der Waals surface area contributed by atoms with E-state index in [1.54, 1.807) is 11.8 Å². The number of allylic oxidation sites excluding steroid dienone is 2. The summed E-state index contributed by atoms with van der Waals surface area (Å²) in [5, 5.41) is 0. The molecule has 0 spiro atoms. The van der Waals surface area contributed by atoms with Gasteiger partial charge in [-0.05, 0) is 44.6 Å². The molecule has 1 aliphatic heterocycles. The second-order valence-corrected chi connectivity index (χ2v) is 5.08. The summed E-state index contributed by atoms with van der Waals surface area (Å²) in [6.45, 7) is 2.01. The van der Waals surface area contributed by atoms with Crippen molar-refractivity contribution in [1.29, 1.82) is 0 Å². The molecule has 0 radical (unpaired) electrons. The Kier molecular flexibility index (Phi) is 12.1. The average molecular weight is 272 g/mol. The molecule has 0 aromatic heterocycles. The molecule has 0 aliphatic carbocycles. The zero-order valence-electron chi connectivity index (χ0n) is 11.4. The Morgan fingerprint density at radius 2 is 2.22 bits per heavy atom. The number of esters is 1. The summed E-state index contributed by atoms with van der Waals surface area (Å²) in [5.41, 5.74) is 0. The van der Waals surface area contributed by atoms with Crippen LogP contribution in [-0.4, -0.2) is 30.4 Å². The van der Waals surface area contributed by atoms with Gasteiger partial charge in [0.25, 0.3) is 0 Å². The van der Waals surface area contributed by atoms with Crippen LogP contribution in [0.5, 0.6) is 0 Å². The van der Waals surface area contributed by atoms with E-state index >= 15 is 0 Å². The summed E-state index contributed by atoms with van der Waals surface area (Å²) in [6.07, 6.45) is 12.6. The maximum atomic E-state index is 10.9. The summed E-state index contributed by atoms with van der Waals surface area (Å²) in [7, 11) is 0. The highest BCUT2D eigenvalue weighted by Crippen LogP contribution is 2.17. The van der Waals surface area contributed by atoms with Crippen molar-refractivity contribution in [2.75, 3.05) is 12.0 Å². The van der Waals surface area contributed by atoms with Crippen molar-refractivity contribution in [1.82, 2.24) is 0 Å². The van der Waals surface area contributed by atoms with Crippen LogP contribution in [0, 0.1) is 0 Å². The standard InChI is InChI=1S/C10H16O2.C4H8OS/c1-2-3-4-6-9-7-5-8-10(11)12-9;1-6-4-2-3-5/h2-3,9H,4-8H2,1H3;3H,2,4H2,1H3. The molecule has 0 N–H and O–H groups in total. The molecule has 3 nitrogen and oxygen atoms in total. The highest BCUT2D eigenvalue weighted by molar-refractivity contribution is 7.98. The molecule has 0 aromatic rings. The molecule has 0 saturated carbocycles. The van der Waals surface area contributed by atoms with Gasteiger partial charge in [0.2, 0.25) is 0 Å². The Balaban J connectivity index is 0.000000411. The van der Waals surface area contributed by atoms with E-state index in [9.17, 15) is 9.59 Å². The van der Waals surface area contributed by atoms with Crippen LogP contribution in [0.2, 0.25) is 0 Å². The summed E-state index contributed by atoms with van der Waals surface area (Å²) in [4.78, 5) is 20.4. The Morgan fingerprint density at radius 3 is 2.72 bits per heavy atom. The lowest BCUT2D eigenvalue weighted by Gasteiger charge is -2.21. The Morgan fingerprint density at radius 1 is 1.44 bits per heavy atom. The largest absolute Gasteiger partial charge is 0.462 e. The zero-order chi connectivity index (χ0) is 13.6. The highest BCUT2D eigenvalue weighted by Gasteiger charge is 2.18. The van der Waals surface area contributed by atoms with Crippen LogP contribution in [0.4, 0.5) is 0 Å². The van der Waals surface area contributed by atoms with Crippen LogP contribution in [-0.2, 0) is 14.3 Å². The van der Waals surface area contributed by atoms with Gasteiger partial charge in [-0.2, -0.15) is 11.8 Å². The van der Waals surface area contributed by atoms with Crippen LogP contribution in [0.25, 0.3) is 0 Å². The first-order valence-electron chi connectivity index (χ1n) is 6.47. The van der Waals surface area contributed by atoms with E-state index in [0.717, 1.165) is 37.7 Å². The van der Waals surface area contributed by atoms with Crippen LogP contribution in [0.3, 0.4) is 0 Å². The Labute approximate surface area is 114 Å². The van der Waals surface area contributed by atoms with Gasteiger partial charge in [0.15, 0.2) is 0 Å². The number of carbonyl (C=O) groups excluding carboxylic acids is 2. The normalized spacial score (nSPS) is 19.0. The first-order chi connectivity index (χ1) is 8.74. The van der Waals surface area contributed by atoms with Gasteiger partial charge in [-0.15, -0.1) is 0 Å². The minimum absolute atomic E-state index is 0.0215. The Hall–Kier alpha value is -0.770. The molecule has 4 heteroatoms. The maximum Gasteiger partial charge on any atom is 0.306 e. The first-order valence-corrected chi connectivity index (χ1v) is 7.87. The van der Waals surface area contributed by atoms with Crippen LogP contribution in [0.1, 0.15) is 45.4 Å². The first kappa shape index (κ1) is 17.2. The lowest BCUT2D eigenvalue weighted by molar-refractivity contribution is -0.153. The molecule has 0 aromatic carbocycles. The van der Waals surface area contributed by atoms with Crippen molar-refractivity contribution >= 4 is 24.0 Å². The molecule has 1 rings (SSSR count). The third-order valence-corrected chi connectivity index (χ3v) is 3.18. The minimum atomic E-state index is -0.0215. The molecule has 0 bridgehead atoms. The minimum Gasteiger partial charge on any atom is -0.462 e. The molecule has 104 valence electrons. The topological polar surface area (TPSA) is 43.4 Å². The number of rotatable bonds is 6. The van der Waals surface area contributed by atoms with E-state index in [4.69, 9.17) is 4.74 Å². The number of aldehydes is 1. The molecular formula is C14H24O3S. The maximum absolute atomic E-state index is 10.9. The lowest BCUT2D eigenvalue weighted by atomic mass is 10.0. The number of thioether (sulfide) groups is 1. The predicted octanol–water partition coefficient (Wildman–Crippen LogP) is 3.38. The van der Waals surface area contributed by atoms with Crippen LogP contribution >= 0.6 is 11.8 Å². The molecule has 1 fully saturated rings.